The van der Waals surface area contributed by atoms with E-state index in [2.05, 4.69) is 0 Å². The van der Waals surface area contributed by atoms with Crippen LogP contribution in [0.15, 0.2) is 17.7 Å². The summed E-state index contributed by atoms with van der Waals surface area (Å²) in [5, 5.41) is 8.59. The Bertz CT molecular complexity index is 148. The summed E-state index contributed by atoms with van der Waals surface area (Å²) in [5.74, 6) is 0. The van der Waals surface area contributed by atoms with Crippen LogP contribution in [0.4, 0.5) is 0 Å². The van der Waals surface area contributed by atoms with Gasteiger partial charge in [-0.15, -0.1) is 0 Å². The van der Waals surface area contributed by atoms with E-state index >= 15 is 0 Å². The molecular formula is C11H23OW-. The van der Waals surface area contributed by atoms with Crippen molar-refractivity contribution >= 4 is 3.90 Å². The molecule has 0 saturated carbocycles. The maximum absolute atomic E-state index is 8.59. The van der Waals surface area contributed by atoms with Gasteiger partial charge in [0, 0.05) is 0 Å². The van der Waals surface area contributed by atoms with Gasteiger partial charge >= 0.3 is 66.2 Å². The molecule has 0 aliphatic carbocycles. The van der Waals surface area contributed by atoms with Crippen molar-refractivity contribution in [1.82, 2.24) is 0 Å². The molecule has 0 rings (SSSR count). The number of aliphatic hydroxyl groups is 1. The van der Waals surface area contributed by atoms with E-state index in [1.54, 1.807) is 0 Å². The third kappa shape index (κ3) is 18.7. The summed E-state index contributed by atoms with van der Waals surface area (Å²) in [6.45, 7) is 11.2. The molecule has 0 unspecified atom stereocenters. The van der Waals surface area contributed by atoms with Gasteiger partial charge in [0.2, 0.25) is 0 Å². The van der Waals surface area contributed by atoms with Crippen LogP contribution in [0.5, 0.6) is 0 Å². The van der Waals surface area contributed by atoms with Gasteiger partial charge in [0.25, 0.3) is 0 Å². The van der Waals surface area contributed by atoms with E-state index in [9.17, 15) is 0 Å². The third-order valence-electron chi connectivity index (χ3n) is 0.785. The third-order valence-corrected chi connectivity index (χ3v) is 1.21. The van der Waals surface area contributed by atoms with Gasteiger partial charge in [-0.05, 0) is 0 Å². The van der Waals surface area contributed by atoms with Gasteiger partial charge in [0.1, 0.15) is 0 Å². The minimum absolute atomic E-state index is 0. The molecule has 0 heterocycles. The number of hydrogen-bond donors (Lipinski definition) is 1. The zero-order chi connectivity index (χ0) is 9.28. The van der Waals surface area contributed by atoms with Crippen LogP contribution in [0.2, 0.25) is 0 Å². The van der Waals surface area contributed by atoms with Crippen molar-refractivity contribution in [2.45, 2.75) is 35.6 Å². The fraction of sp³-hybridized carbons (Fsp3) is 0.545. The molecule has 80 valence electrons. The average Bonchev–Trinajstić information content (AvgIpc) is 2.03. The first kappa shape index (κ1) is 23.1. The molecule has 0 saturated heterocycles. The molecule has 0 spiro atoms. The van der Waals surface area contributed by atoms with Gasteiger partial charge < -0.3 is 0 Å². The molecule has 0 aromatic heterocycles. The normalized spacial score (nSPS) is 8.15. The topological polar surface area (TPSA) is 20.2 Å². The second kappa shape index (κ2) is 17.9. The van der Waals surface area contributed by atoms with Gasteiger partial charge in [0.15, 0.2) is 0 Å². The number of aliphatic hydroxyl groups excluding tert-OH is 1. The Kier molecular flexibility index (Phi) is 31.9. The van der Waals surface area contributed by atoms with Gasteiger partial charge in [-0.2, -0.15) is 0 Å². The molecule has 0 fully saturated rings. The van der Waals surface area contributed by atoms with Crippen LogP contribution >= 0.6 is 0 Å². The van der Waals surface area contributed by atoms with Crippen molar-refractivity contribution in [3.8, 4) is 0 Å². The number of allylic oxidation sites excluding steroid dienone is 1. The quantitative estimate of drug-likeness (QED) is 0.610. The van der Waals surface area contributed by atoms with Gasteiger partial charge in [-0.1, -0.05) is 28.7 Å². The average molecular weight is 355 g/mol. The molecule has 1 nitrogen and oxygen atoms in total. The molecule has 2 heteroatoms. The molecule has 0 aliphatic rings. The van der Waals surface area contributed by atoms with E-state index < -0.39 is 0 Å². The Morgan fingerprint density at radius 3 is 1.85 bits per heavy atom. The molecule has 0 aliphatic heterocycles. The van der Waals surface area contributed by atoms with Crippen molar-refractivity contribution in [2.75, 3.05) is 6.61 Å². The summed E-state index contributed by atoms with van der Waals surface area (Å²) in [4.78, 5) is 0. The Hall–Kier alpha value is -0.00169. The Morgan fingerprint density at radius 1 is 1.38 bits per heavy atom. The van der Waals surface area contributed by atoms with E-state index in [4.69, 9.17) is 11.7 Å². The number of rotatable bonds is 3. The van der Waals surface area contributed by atoms with Gasteiger partial charge in [-0.25, -0.2) is 0 Å². The SMILES string of the molecule is C.C.CC.[CH-]=CC(=C[C](C)=[W])CO. The van der Waals surface area contributed by atoms with Crippen molar-refractivity contribution in [2.24, 2.45) is 0 Å². The first-order valence-corrected chi connectivity index (χ1v) is 5.04. The van der Waals surface area contributed by atoms with Crippen LogP contribution in [0.3, 0.4) is 0 Å². The van der Waals surface area contributed by atoms with Crippen LogP contribution in [0.25, 0.3) is 0 Å². The number of hydrogen-bond acceptors (Lipinski definition) is 1. The molecule has 0 atom stereocenters. The van der Waals surface area contributed by atoms with E-state index in [-0.39, 0.29) is 21.5 Å². The van der Waals surface area contributed by atoms with Crippen molar-refractivity contribution in [3.63, 3.8) is 0 Å². The maximum atomic E-state index is 8.59. The summed E-state index contributed by atoms with van der Waals surface area (Å²) in [6.07, 6.45) is 3.31. The van der Waals surface area contributed by atoms with E-state index in [0.717, 1.165) is 5.57 Å². The predicted octanol–water partition coefficient (Wildman–Crippen LogP) is 2.93. The zero-order valence-corrected chi connectivity index (χ0v) is 10.2. The molecule has 0 aromatic carbocycles. The summed E-state index contributed by atoms with van der Waals surface area (Å²) in [5.41, 5.74) is 0.780. The molecule has 0 aromatic rings. The molecule has 0 amide bonds. The molecule has 13 heavy (non-hydrogen) atoms. The van der Waals surface area contributed by atoms with Gasteiger partial charge in [-0.3, -0.25) is 0 Å². The van der Waals surface area contributed by atoms with Crippen LogP contribution in [0.1, 0.15) is 35.6 Å². The van der Waals surface area contributed by atoms with Gasteiger partial charge in [0.05, 0.1) is 0 Å². The van der Waals surface area contributed by atoms with Crippen LogP contribution in [0, 0.1) is 6.58 Å². The van der Waals surface area contributed by atoms with Crippen LogP contribution in [-0.2, 0) is 19.4 Å². The molecule has 0 radical (unpaired) electrons. The van der Waals surface area contributed by atoms with Crippen molar-refractivity contribution in [3.05, 3.63) is 24.3 Å². The predicted molar refractivity (Wildman–Crippen MR) is 59.5 cm³/mol. The van der Waals surface area contributed by atoms with Crippen molar-refractivity contribution < 1.29 is 24.5 Å². The van der Waals surface area contributed by atoms with Crippen LogP contribution in [-0.4, -0.2) is 15.6 Å². The second-order valence-electron chi connectivity index (χ2n) is 1.65. The summed E-state index contributed by atoms with van der Waals surface area (Å²) >= 11 is 1.40. The molecular weight excluding hydrogens is 332 g/mol. The summed E-state index contributed by atoms with van der Waals surface area (Å²) in [6, 6.07) is 0. The molecule has 0 bridgehead atoms. The summed E-state index contributed by atoms with van der Waals surface area (Å²) < 4.78 is 1.22. The molecule has 1 N–H and O–H groups in total. The van der Waals surface area contributed by atoms with Crippen molar-refractivity contribution in [1.29, 1.82) is 0 Å². The van der Waals surface area contributed by atoms with E-state index in [1.165, 1.54) is 29.3 Å². The standard InChI is InChI=1S/C7H9O.C2H6.2CH4.W/c1-3-5-7(4-2)6-8;1-2;;;/h2,4-5,8H,6H2,1H3;1-2H3;2*1H4;/q-1;;;;. The minimum atomic E-state index is 0. The zero-order valence-electron chi connectivity index (χ0n) is 7.29. The van der Waals surface area contributed by atoms with E-state index in [0.29, 0.717) is 0 Å². The Balaban J connectivity index is -0.0000000941. The first-order valence-electron chi connectivity index (χ1n) is 3.57. The summed E-state index contributed by atoms with van der Waals surface area (Å²) in [7, 11) is 0. The monoisotopic (exact) mass is 355 g/mol. The second-order valence-corrected chi connectivity index (χ2v) is 3.97. The Morgan fingerprint density at radius 2 is 1.77 bits per heavy atom. The fourth-order valence-electron chi connectivity index (χ4n) is 0.408. The fourth-order valence-corrected chi connectivity index (χ4v) is 0.951. The first-order chi connectivity index (χ1) is 5.20. The van der Waals surface area contributed by atoms with E-state index in [1.807, 2.05) is 26.8 Å². The Labute approximate surface area is 95.0 Å². The van der Waals surface area contributed by atoms with Crippen LogP contribution < -0.4 is 0 Å².